The van der Waals surface area contributed by atoms with Gasteiger partial charge in [-0.05, 0) is 18.4 Å². The lowest BCUT2D eigenvalue weighted by Crippen LogP contribution is -2.45. The Morgan fingerprint density at radius 1 is 1.53 bits per heavy atom. The van der Waals surface area contributed by atoms with Crippen molar-refractivity contribution in [3.8, 4) is 0 Å². The van der Waals surface area contributed by atoms with Gasteiger partial charge in [0.2, 0.25) is 5.91 Å². The summed E-state index contributed by atoms with van der Waals surface area (Å²) < 4.78 is 0. The van der Waals surface area contributed by atoms with Gasteiger partial charge in [0.1, 0.15) is 0 Å². The molecule has 1 rings (SSSR count). The molecule has 0 radical (unpaired) electrons. The lowest BCUT2D eigenvalue weighted by atomic mass is 10.2. The van der Waals surface area contributed by atoms with Crippen LogP contribution < -0.4 is 11.1 Å². The third kappa shape index (κ3) is 6.55. The minimum absolute atomic E-state index is 0.00886. The first-order valence-electron chi connectivity index (χ1n) is 6.06. The van der Waals surface area contributed by atoms with Gasteiger partial charge in [0.05, 0.1) is 6.04 Å². The summed E-state index contributed by atoms with van der Waals surface area (Å²) in [6, 6.07) is -0.348. The third-order valence-electron chi connectivity index (χ3n) is 2.80. The van der Waals surface area contributed by atoms with Gasteiger partial charge >= 0.3 is 0 Å². The second-order valence-corrected chi connectivity index (χ2v) is 6.34. The van der Waals surface area contributed by atoms with Crippen LogP contribution in [-0.4, -0.2) is 66.5 Å². The molecule has 1 atom stereocenters. The van der Waals surface area contributed by atoms with Gasteiger partial charge in [0.15, 0.2) is 0 Å². The third-order valence-corrected chi connectivity index (χ3v) is 4.39. The highest BCUT2D eigenvalue weighted by atomic mass is 32.2. The van der Waals surface area contributed by atoms with Crippen molar-refractivity contribution in [2.45, 2.75) is 12.5 Å². The number of carbonyl (C=O) groups excluding carboxylic acids is 1. The first-order chi connectivity index (χ1) is 8.24. The van der Waals surface area contributed by atoms with Crippen LogP contribution in [0, 0.1) is 0 Å². The second kappa shape index (κ2) is 9.08. The molecule has 1 amide bonds. The Morgan fingerprint density at radius 3 is 2.88 bits per heavy atom. The molecule has 0 aromatic heterocycles. The molecule has 0 unspecified atom stereocenters. The monoisotopic (exact) mass is 277 g/mol. The Bertz CT molecular complexity index is 223. The molecular weight excluding hydrogens is 254 g/mol. The first-order valence-corrected chi connectivity index (χ1v) is 8.61. The van der Waals surface area contributed by atoms with E-state index in [1.807, 2.05) is 18.0 Å². The molecule has 0 aromatic rings. The molecule has 17 heavy (non-hydrogen) atoms. The fraction of sp³-hybridized carbons (Fsp3) is 0.909. The van der Waals surface area contributed by atoms with Crippen molar-refractivity contribution in [3.05, 3.63) is 0 Å². The number of amides is 1. The minimum Gasteiger partial charge on any atom is -0.353 e. The Balaban J connectivity index is 2.06. The van der Waals surface area contributed by atoms with Gasteiger partial charge in [0.25, 0.3) is 0 Å². The maximum absolute atomic E-state index is 11.6. The molecule has 3 N–H and O–H groups in total. The predicted molar refractivity (Wildman–Crippen MR) is 77.7 cm³/mol. The largest absolute Gasteiger partial charge is 0.353 e. The van der Waals surface area contributed by atoms with Crippen LogP contribution in [0.5, 0.6) is 0 Å². The average molecular weight is 277 g/mol. The van der Waals surface area contributed by atoms with E-state index in [0.29, 0.717) is 0 Å². The zero-order valence-electron chi connectivity index (χ0n) is 10.5. The van der Waals surface area contributed by atoms with Crippen LogP contribution in [0.25, 0.3) is 0 Å². The summed E-state index contributed by atoms with van der Waals surface area (Å²) in [4.78, 5) is 14.0. The zero-order chi connectivity index (χ0) is 12.5. The summed E-state index contributed by atoms with van der Waals surface area (Å²) in [7, 11) is 0. The van der Waals surface area contributed by atoms with E-state index in [0.717, 1.165) is 38.4 Å². The number of nitrogens with one attached hydrogen (secondary N) is 1. The van der Waals surface area contributed by atoms with Gasteiger partial charge in [-0.3, -0.25) is 9.69 Å². The van der Waals surface area contributed by atoms with Gasteiger partial charge in [0, 0.05) is 37.7 Å². The number of rotatable bonds is 7. The molecule has 1 heterocycles. The fourth-order valence-corrected chi connectivity index (χ4v) is 3.14. The van der Waals surface area contributed by atoms with E-state index >= 15 is 0 Å². The van der Waals surface area contributed by atoms with E-state index in [4.69, 9.17) is 5.73 Å². The minimum atomic E-state index is -0.348. The molecule has 1 fully saturated rings. The lowest BCUT2D eigenvalue weighted by molar-refractivity contribution is -0.122. The first kappa shape index (κ1) is 15.1. The van der Waals surface area contributed by atoms with Crippen LogP contribution in [0.15, 0.2) is 0 Å². The highest BCUT2D eigenvalue weighted by Gasteiger charge is 2.13. The topological polar surface area (TPSA) is 58.4 Å². The summed E-state index contributed by atoms with van der Waals surface area (Å²) in [6.07, 6.45) is 2.78. The van der Waals surface area contributed by atoms with Crippen molar-refractivity contribution < 1.29 is 4.79 Å². The van der Waals surface area contributed by atoms with Crippen LogP contribution in [0.1, 0.15) is 6.42 Å². The van der Waals surface area contributed by atoms with Crippen LogP contribution in [0.2, 0.25) is 0 Å². The lowest BCUT2D eigenvalue weighted by Gasteiger charge is -2.26. The van der Waals surface area contributed by atoms with Crippen LogP contribution >= 0.6 is 23.5 Å². The fourth-order valence-electron chi connectivity index (χ4n) is 1.67. The van der Waals surface area contributed by atoms with Crippen molar-refractivity contribution in [1.82, 2.24) is 10.2 Å². The van der Waals surface area contributed by atoms with Crippen molar-refractivity contribution in [2.75, 3.05) is 49.7 Å². The Kier molecular flexibility index (Phi) is 8.09. The molecule has 0 spiro atoms. The summed E-state index contributed by atoms with van der Waals surface area (Å²) in [5.74, 6) is 3.35. The molecule has 1 aliphatic heterocycles. The maximum atomic E-state index is 11.6. The molecule has 0 bridgehead atoms. The standard InChI is InChI=1S/C11H23N3OS2/c1-16-7-2-10(12)11(15)13-3-4-14-5-8-17-9-6-14/h10H,2-9,12H2,1H3,(H,13,15)/t10-/m0/s1. The average Bonchev–Trinajstić information content (AvgIpc) is 2.37. The number of nitrogens with zero attached hydrogens (tertiary/aromatic N) is 1. The summed E-state index contributed by atoms with van der Waals surface area (Å²) in [5, 5.41) is 2.92. The summed E-state index contributed by atoms with van der Waals surface area (Å²) in [6.45, 7) is 3.94. The molecule has 0 saturated carbocycles. The van der Waals surface area contributed by atoms with Gasteiger partial charge in [-0.2, -0.15) is 23.5 Å². The Labute approximate surface area is 112 Å². The molecule has 4 nitrogen and oxygen atoms in total. The Hall–Kier alpha value is 0.0900. The van der Waals surface area contributed by atoms with Gasteiger partial charge in [-0.15, -0.1) is 0 Å². The van der Waals surface area contributed by atoms with Crippen LogP contribution in [0.3, 0.4) is 0 Å². The SMILES string of the molecule is CSCC[C@H](N)C(=O)NCCN1CCSCC1. The quantitative estimate of drug-likeness (QED) is 0.698. The van der Waals surface area contributed by atoms with Crippen LogP contribution in [0.4, 0.5) is 0 Å². The number of hydrogen-bond acceptors (Lipinski definition) is 5. The molecule has 0 aliphatic carbocycles. The van der Waals surface area contributed by atoms with E-state index in [1.54, 1.807) is 11.8 Å². The Morgan fingerprint density at radius 2 is 2.24 bits per heavy atom. The molecule has 100 valence electrons. The number of hydrogen-bond donors (Lipinski definition) is 2. The van der Waals surface area contributed by atoms with Crippen molar-refractivity contribution >= 4 is 29.4 Å². The molecule has 6 heteroatoms. The van der Waals surface area contributed by atoms with Crippen molar-refractivity contribution in [3.63, 3.8) is 0 Å². The highest BCUT2D eigenvalue weighted by molar-refractivity contribution is 7.99. The van der Waals surface area contributed by atoms with Crippen molar-refractivity contribution in [1.29, 1.82) is 0 Å². The smallest absolute Gasteiger partial charge is 0.236 e. The normalized spacial score (nSPS) is 18.9. The van der Waals surface area contributed by atoms with E-state index in [-0.39, 0.29) is 11.9 Å². The second-order valence-electron chi connectivity index (χ2n) is 4.13. The van der Waals surface area contributed by atoms with E-state index in [2.05, 4.69) is 10.2 Å². The van der Waals surface area contributed by atoms with E-state index in [9.17, 15) is 4.79 Å². The maximum Gasteiger partial charge on any atom is 0.236 e. The van der Waals surface area contributed by atoms with Crippen LogP contribution in [-0.2, 0) is 4.79 Å². The highest BCUT2D eigenvalue weighted by Crippen LogP contribution is 2.07. The summed E-state index contributed by atoms with van der Waals surface area (Å²) >= 11 is 3.72. The number of carbonyl (C=O) groups is 1. The van der Waals surface area contributed by atoms with E-state index in [1.165, 1.54) is 11.5 Å². The molecular formula is C11H23N3OS2. The number of thioether (sulfide) groups is 2. The number of nitrogens with two attached hydrogens (primary N) is 1. The summed E-state index contributed by atoms with van der Waals surface area (Å²) in [5.41, 5.74) is 5.78. The molecule has 1 saturated heterocycles. The van der Waals surface area contributed by atoms with Gasteiger partial charge < -0.3 is 11.1 Å². The van der Waals surface area contributed by atoms with Gasteiger partial charge in [-0.1, -0.05) is 0 Å². The van der Waals surface area contributed by atoms with E-state index < -0.39 is 0 Å². The van der Waals surface area contributed by atoms with Gasteiger partial charge in [-0.25, -0.2) is 0 Å². The predicted octanol–water partition coefficient (Wildman–Crippen LogP) is 0.232. The zero-order valence-corrected chi connectivity index (χ0v) is 12.1. The molecule has 0 aromatic carbocycles. The van der Waals surface area contributed by atoms with Crippen molar-refractivity contribution in [2.24, 2.45) is 5.73 Å². The molecule has 1 aliphatic rings.